The van der Waals surface area contributed by atoms with Gasteiger partial charge in [-0.25, -0.2) is 0 Å². The van der Waals surface area contributed by atoms with Crippen LogP contribution < -0.4 is 11.1 Å². The Morgan fingerprint density at radius 1 is 1.46 bits per heavy atom. The Labute approximate surface area is 154 Å². The lowest BCUT2D eigenvalue weighted by molar-refractivity contribution is -0.225. The first-order valence-corrected chi connectivity index (χ1v) is 8.63. The number of ether oxygens (including phenoxy) is 1. The summed E-state index contributed by atoms with van der Waals surface area (Å²) in [6.45, 7) is 6.78. The molecule has 4 nitrogen and oxygen atoms in total. The minimum Gasteiger partial charge on any atom is -0.377 e. The maximum Gasteiger partial charge on any atom is 0.241 e. The molecule has 3 unspecified atom stereocenters. The largest absolute Gasteiger partial charge is 0.377 e. The average molecular weight is 373 g/mol. The Hall–Kier alpha value is -0.810. The summed E-state index contributed by atoms with van der Waals surface area (Å²) in [5, 5.41) is 3.74. The second-order valence-electron chi connectivity index (χ2n) is 7.38. The monoisotopic (exact) mass is 372 g/mol. The SMILES string of the molecule is C[C@@H](NC(=O)C1(N)C2CCCOC2C1(C)C)c1cccc(Cl)c1.Cl. The summed E-state index contributed by atoms with van der Waals surface area (Å²) in [6.07, 6.45) is 1.99. The molecule has 2 aliphatic rings. The van der Waals surface area contributed by atoms with Crippen molar-refractivity contribution >= 4 is 29.9 Å². The van der Waals surface area contributed by atoms with Gasteiger partial charge in [0.1, 0.15) is 5.54 Å². The number of nitrogens with two attached hydrogens (primary N) is 1. The van der Waals surface area contributed by atoms with E-state index in [0.717, 1.165) is 25.0 Å². The third kappa shape index (κ3) is 2.84. The number of nitrogens with one attached hydrogen (secondary N) is 1. The molecule has 1 aromatic rings. The van der Waals surface area contributed by atoms with Gasteiger partial charge < -0.3 is 15.8 Å². The minimum atomic E-state index is -0.884. The molecule has 0 spiro atoms. The van der Waals surface area contributed by atoms with Gasteiger partial charge in [-0.05, 0) is 37.5 Å². The highest BCUT2D eigenvalue weighted by Gasteiger charge is 2.70. The molecular formula is C18H26Cl2N2O2. The van der Waals surface area contributed by atoms with E-state index in [1.165, 1.54) is 0 Å². The van der Waals surface area contributed by atoms with Gasteiger partial charge in [-0.1, -0.05) is 37.6 Å². The van der Waals surface area contributed by atoms with Crippen molar-refractivity contribution in [1.82, 2.24) is 5.32 Å². The van der Waals surface area contributed by atoms with E-state index in [-0.39, 0.29) is 41.8 Å². The number of fused-ring (bicyclic) bond motifs is 1. The Morgan fingerprint density at radius 3 is 2.83 bits per heavy atom. The number of hydrogen-bond acceptors (Lipinski definition) is 3. The van der Waals surface area contributed by atoms with Crippen molar-refractivity contribution in [2.24, 2.45) is 17.1 Å². The van der Waals surface area contributed by atoms with Gasteiger partial charge in [0.25, 0.3) is 0 Å². The standard InChI is InChI=1S/C18H25ClN2O2.ClH/c1-11(12-6-4-7-13(19)10-12)21-16(22)18(20)14-8-5-9-23-15(14)17(18,2)3;/h4,6-7,10-11,14-15H,5,8-9,20H2,1-3H3,(H,21,22);1H/t11-,14?,15?,18?;/m1./s1. The third-order valence-corrected chi connectivity index (χ3v) is 5.99. The molecule has 4 atom stereocenters. The molecule has 134 valence electrons. The van der Waals surface area contributed by atoms with Crippen LogP contribution in [0.4, 0.5) is 0 Å². The Balaban J connectivity index is 0.00000208. The van der Waals surface area contributed by atoms with Crippen molar-refractivity contribution in [3.8, 4) is 0 Å². The smallest absolute Gasteiger partial charge is 0.241 e. The highest BCUT2D eigenvalue weighted by molar-refractivity contribution is 6.30. The van der Waals surface area contributed by atoms with E-state index in [2.05, 4.69) is 5.32 Å². The van der Waals surface area contributed by atoms with Crippen molar-refractivity contribution in [2.45, 2.75) is 51.3 Å². The van der Waals surface area contributed by atoms with Crippen LogP contribution in [0.1, 0.15) is 45.2 Å². The maximum atomic E-state index is 13.0. The third-order valence-electron chi connectivity index (χ3n) is 5.76. The van der Waals surface area contributed by atoms with Crippen molar-refractivity contribution in [3.63, 3.8) is 0 Å². The van der Waals surface area contributed by atoms with E-state index in [1.807, 2.05) is 45.0 Å². The van der Waals surface area contributed by atoms with E-state index in [1.54, 1.807) is 0 Å². The summed E-state index contributed by atoms with van der Waals surface area (Å²) in [6, 6.07) is 7.40. The first kappa shape index (κ1) is 19.5. The summed E-state index contributed by atoms with van der Waals surface area (Å²) in [7, 11) is 0. The van der Waals surface area contributed by atoms with E-state index in [4.69, 9.17) is 22.1 Å². The Kier molecular flexibility index (Phi) is 5.55. The molecule has 2 fully saturated rings. The van der Waals surface area contributed by atoms with Crippen LogP contribution in [0.15, 0.2) is 24.3 Å². The van der Waals surface area contributed by atoms with Crippen LogP contribution in [0.3, 0.4) is 0 Å². The molecule has 0 aromatic heterocycles. The number of benzene rings is 1. The van der Waals surface area contributed by atoms with E-state index in [9.17, 15) is 4.79 Å². The quantitative estimate of drug-likeness (QED) is 0.853. The summed E-state index contributed by atoms with van der Waals surface area (Å²) in [5.41, 5.74) is 6.34. The minimum absolute atomic E-state index is 0. The van der Waals surface area contributed by atoms with Crippen LogP contribution in [-0.4, -0.2) is 24.2 Å². The number of halogens is 2. The summed E-state index contributed by atoms with van der Waals surface area (Å²) in [5.74, 6) is -0.000429. The number of hydrogen-bond donors (Lipinski definition) is 2. The van der Waals surface area contributed by atoms with E-state index in [0.29, 0.717) is 5.02 Å². The van der Waals surface area contributed by atoms with Gasteiger partial charge in [0.05, 0.1) is 12.1 Å². The van der Waals surface area contributed by atoms with E-state index < -0.39 is 5.54 Å². The zero-order chi connectivity index (χ0) is 16.8. The highest BCUT2D eigenvalue weighted by Crippen LogP contribution is 2.57. The molecule has 24 heavy (non-hydrogen) atoms. The van der Waals surface area contributed by atoms with Gasteiger partial charge >= 0.3 is 0 Å². The van der Waals surface area contributed by atoms with Gasteiger partial charge in [-0.3, -0.25) is 4.79 Å². The molecule has 1 saturated carbocycles. The molecule has 0 bridgehead atoms. The predicted molar refractivity (Wildman–Crippen MR) is 98.4 cm³/mol. The van der Waals surface area contributed by atoms with Crippen molar-refractivity contribution < 1.29 is 9.53 Å². The molecular weight excluding hydrogens is 347 g/mol. The van der Waals surface area contributed by atoms with Crippen LogP contribution in [0.2, 0.25) is 5.02 Å². The van der Waals surface area contributed by atoms with Crippen LogP contribution >= 0.6 is 24.0 Å². The topological polar surface area (TPSA) is 64.4 Å². The lowest BCUT2D eigenvalue weighted by Crippen LogP contribution is -2.82. The zero-order valence-corrected chi connectivity index (χ0v) is 15.9. The molecule has 1 aliphatic heterocycles. The second kappa shape index (κ2) is 6.83. The molecule has 1 aromatic carbocycles. The van der Waals surface area contributed by atoms with Gasteiger partial charge in [0.2, 0.25) is 5.91 Å². The fraction of sp³-hybridized carbons (Fsp3) is 0.611. The molecule has 0 radical (unpaired) electrons. The first-order valence-electron chi connectivity index (χ1n) is 8.25. The van der Waals surface area contributed by atoms with Crippen LogP contribution in [0, 0.1) is 11.3 Å². The van der Waals surface area contributed by atoms with Crippen molar-refractivity contribution in [1.29, 1.82) is 0 Å². The summed E-state index contributed by atoms with van der Waals surface area (Å²) in [4.78, 5) is 13.0. The van der Waals surface area contributed by atoms with Gasteiger partial charge in [-0.2, -0.15) is 0 Å². The van der Waals surface area contributed by atoms with Gasteiger partial charge in [-0.15, -0.1) is 12.4 Å². The fourth-order valence-electron chi connectivity index (χ4n) is 4.21. The van der Waals surface area contributed by atoms with Crippen LogP contribution in [0.25, 0.3) is 0 Å². The number of carbonyl (C=O) groups excluding carboxylic acids is 1. The first-order chi connectivity index (χ1) is 10.8. The summed E-state index contributed by atoms with van der Waals surface area (Å²) >= 11 is 6.04. The van der Waals surface area contributed by atoms with E-state index >= 15 is 0 Å². The predicted octanol–water partition coefficient (Wildman–Crippen LogP) is 3.47. The lowest BCUT2D eigenvalue weighted by Gasteiger charge is -2.65. The zero-order valence-electron chi connectivity index (χ0n) is 14.3. The fourth-order valence-corrected chi connectivity index (χ4v) is 4.41. The average Bonchev–Trinajstić information content (AvgIpc) is 2.53. The number of carbonyl (C=O) groups is 1. The molecule has 1 amide bonds. The van der Waals surface area contributed by atoms with Gasteiger partial charge in [0, 0.05) is 23.0 Å². The molecule has 6 heteroatoms. The molecule has 3 N–H and O–H groups in total. The van der Waals surface area contributed by atoms with Crippen molar-refractivity contribution in [2.75, 3.05) is 6.61 Å². The van der Waals surface area contributed by atoms with Crippen LogP contribution in [-0.2, 0) is 9.53 Å². The maximum absolute atomic E-state index is 13.0. The normalized spacial score (nSPS) is 31.9. The Morgan fingerprint density at radius 2 is 2.17 bits per heavy atom. The number of amides is 1. The molecule has 1 saturated heterocycles. The lowest BCUT2D eigenvalue weighted by atomic mass is 9.46. The van der Waals surface area contributed by atoms with Crippen LogP contribution in [0.5, 0.6) is 0 Å². The summed E-state index contributed by atoms with van der Waals surface area (Å²) < 4.78 is 5.87. The number of rotatable bonds is 3. The van der Waals surface area contributed by atoms with Gasteiger partial charge in [0.15, 0.2) is 0 Å². The molecule has 3 rings (SSSR count). The second-order valence-corrected chi connectivity index (χ2v) is 7.82. The highest BCUT2D eigenvalue weighted by atomic mass is 35.5. The molecule has 1 heterocycles. The van der Waals surface area contributed by atoms with Crippen molar-refractivity contribution in [3.05, 3.63) is 34.9 Å². The Bertz CT molecular complexity index is 623. The molecule has 1 aliphatic carbocycles.